The minimum absolute atomic E-state index is 0.0511. The Hall–Kier alpha value is -5.10. The number of hydrazone groups is 1. The van der Waals surface area contributed by atoms with Gasteiger partial charge in [0.1, 0.15) is 6.04 Å². The molecule has 2 saturated heterocycles. The number of aliphatic hydroxyl groups is 2. The molecule has 22 heteroatoms. The van der Waals surface area contributed by atoms with Crippen LogP contribution < -0.4 is 17.0 Å². The molecule has 3 heterocycles. The van der Waals surface area contributed by atoms with Gasteiger partial charge in [-0.3, -0.25) is 57.7 Å². The third-order valence-corrected chi connectivity index (χ3v) is 12.0. The van der Waals surface area contributed by atoms with E-state index in [1.807, 2.05) is 0 Å². The van der Waals surface area contributed by atoms with Crippen molar-refractivity contribution in [3.63, 3.8) is 0 Å². The highest BCUT2D eigenvalue weighted by molar-refractivity contribution is 8.00. The van der Waals surface area contributed by atoms with Crippen LogP contribution in [0, 0.1) is 6.92 Å². The van der Waals surface area contributed by atoms with Crippen molar-refractivity contribution in [1.29, 1.82) is 0 Å². The number of rotatable bonds is 18. The summed E-state index contributed by atoms with van der Waals surface area (Å²) in [6.07, 6.45) is 2.75. The molecular weight excluding hydrogens is 807 g/mol. The summed E-state index contributed by atoms with van der Waals surface area (Å²) in [5.41, 5.74) is 6.96. The molecule has 330 valence electrons. The molecule has 8 N–H and O–H groups in total. The first-order chi connectivity index (χ1) is 28.5. The van der Waals surface area contributed by atoms with Crippen LogP contribution in [0.25, 0.3) is 5.70 Å². The van der Waals surface area contributed by atoms with Crippen LogP contribution in [-0.4, -0.2) is 191 Å². The third-order valence-electron chi connectivity index (χ3n) is 10.4. The van der Waals surface area contributed by atoms with E-state index in [1.54, 1.807) is 50.8 Å². The fourth-order valence-electron chi connectivity index (χ4n) is 7.24. The Kier molecular flexibility index (Phi) is 17.8. The van der Waals surface area contributed by atoms with Crippen LogP contribution >= 0.6 is 11.8 Å². The average molecular weight is 862 g/mol. The number of aliphatic hydroxyl groups excluding tert-OH is 2. The normalized spacial score (nSPS) is 21.1. The Morgan fingerprint density at radius 3 is 1.87 bits per heavy atom. The number of aliphatic carboxylic acids is 4. The van der Waals surface area contributed by atoms with Gasteiger partial charge in [0.15, 0.2) is 0 Å². The Morgan fingerprint density at radius 1 is 0.900 bits per heavy atom. The number of nitrogens with two attached hydrogens (primary N) is 1. The topological polar surface area (TPSA) is 288 Å². The number of benzene rings is 1. The number of carboxylic acid groups (broad SMARTS) is 4. The largest absolute Gasteiger partial charge is 0.480 e. The minimum atomic E-state index is -1.21. The zero-order valence-corrected chi connectivity index (χ0v) is 34.3. The molecule has 0 saturated carbocycles. The molecule has 4 rings (SSSR count). The first-order valence-electron chi connectivity index (χ1n) is 19.4. The molecule has 2 aliphatic rings. The fraction of sp³-hybridized carbons (Fsp3) is 0.553. The lowest BCUT2D eigenvalue weighted by atomic mass is 10.0. The highest BCUT2D eigenvalue weighted by atomic mass is 32.2. The molecule has 2 aliphatic heterocycles. The van der Waals surface area contributed by atoms with Gasteiger partial charge in [-0.25, -0.2) is 4.79 Å². The van der Waals surface area contributed by atoms with E-state index >= 15 is 0 Å². The van der Waals surface area contributed by atoms with Crippen LogP contribution in [0.15, 0.2) is 51.4 Å². The van der Waals surface area contributed by atoms with Gasteiger partial charge in [-0.2, -0.15) is 5.10 Å². The van der Waals surface area contributed by atoms with E-state index in [-0.39, 0.29) is 104 Å². The van der Waals surface area contributed by atoms with Crippen molar-refractivity contribution in [2.24, 2.45) is 10.8 Å². The van der Waals surface area contributed by atoms with Gasteiger partial charge in [0.05, 0.1) is 48.7 Å². The summed E-state index contributed by atoms with van der Waals surface area (Å²) < 4.78 is 2.54. The summed E-state index contributed by atoms with van der Waals surface area (Å²) in [5, 5.41) is 63.4. The molecule has 4 atom stereocenters. The fourth-order valence-corrected chi connectivity index (χ4v) is 8.61. The predicted octanol–water partition coefficient (Wildman–Crippen LogP) is -1.46. The average Bonchev–Trinajstić information content (AvgIpc) is 3.57. The standard InChI is InChI=1S/C38H55N9O12S/c1-25-19-47(31-18-29(49)30(24-48)60-31)38(59)46(36(25)56)9-3-8-45(40-2)20-28(39)26-4-6-27(7-5-26)35(37(57)58)44-16-14-42(22-33(52)53)12-10-41(21-32(50)51)11-13-43(15-17-44)23-34(54)55/h4-7,19-20,29-31,35,48-49H,2-3,8-18,21-24,39H2,1H3,(H,50,51)(H,52,53)(H,54,55)(H,57,58)/b28-20-/t29?,30-,31?,35?/m1/s1. The number of hydrogen-bond acceptors (Lipinski definition) is 16. The third kappa shape index (κ3) is 13.5. The molecule has 3 unspecified atom stereocenters. The van der Waals surface area contributed by atoms with Crippen molar-refractivity contribution in [2.45, 2.75) is 49.1 Å². The number of nitrogens with zero attached hydrogens (tertiary/aromatic N) is 8. The van der Waals surface area contributed by atoms with Gasteiger partial charge in [-0.1, -0.05) is 24.3 Å². The van der Waals surface area contributed by atoms with Crippen LogP contribution in [0.4, 0.5) is 0 Å². The number of carbonyl (C=O) groups is 4. The van der Waals surface area contributed by atoms with E-state index in [2.05, 4.69) is 11.8 Å². The molecule has 0 bridgehead atoms. The maximum absolute atomic E-state index is 13.4. The quantitative estimate of drug-likeness (QED) is 0.0666. The van der Waals surface area contributed by atoms with Crippen molar-refractivity contribution >= 4 is 48.1 Å². The van der Waals surface area contributed by atoms with Crippen molar-refractivity contribution in [1.82, 2.24) is 33.7 Å². The summed E-state index contributed by atoms with van der Waals surface area (Å²) in [6.45, 7) is 5.46. The molecule has 2 aromatic rings. The summed E-state index contributed by atoms with van der Waals surface area (Å²) in [4.78, 5) is 80.6. The number of thioether (sulfide) groups is 1. The number of aryl methyl sites for hydroxylation is 1. The van der Waals surface area contributed by atoms with E-state index in [1.165, 1.54) is 33.7 Å². The first kappa shape index (κ1) is 47.6. The Bertz CT molecular complexity index is 1940. The minimum Gasteiger partial charge on any atom is -0.480 e. The summed E-state index contributed by atoms with van der Waals surface area (Å²) in [5.74, 6) is -4.46. The molecule has 60 heavy (non-hydrogen) atoms. The smallest absolute Gasteiger partial charge is 0.331 e. The lowest BCUT2D eigenvalue weighted by Gasteiger charge is -2.35. The molecule has 0 amide bonds. The first-order valence-corrected chi connectivity index (χ1v) is 20.3. The summed E-state index contributed by atoms with van der Waals surface area (Å²) in [7, 11) is 0. The lowest BCUT2D eigenvalue weighted by Crippen LogP contribution is -2.49. The Balaban J connectivity index is 1.49. The number of aromatic nitrogens is 2. The maximum atomic E-state index is 13.4. The van der Waals surface area contributed by atoms with Crippen molar-refractivity contribution in [2.75, 3.05) is 85.1 Å². The van der Waals surface area contributed by atoms with Gasteiger partial charge in [0.2, 0.25) is 0 Å². The highest BCUT2D eigenvalue weighted by Gasteiger charge is 2.35. The van der Waals surface area contributed by atoms with Gasteiger partial charge in [0, 0.05) is 96.5 Å². The molecular formula is C38H55N9O12S. The summed E-state index contributed by atoms with van der Waals surface area (Å²) >= 11 is 1.28. The molecule has 0 aliphatic carbocycles. The second-order valence-electron chi connectivity index (χ2n) is 14.7. The van der Waals surface area contributed by atoms with Crippen LogP contribution in [0.3, 0.4) is 0 Å². The van der Waals surface area contributed by atoms with Crippen molar-refractivity contribution in [3.8, 4) is 0 Å². The molecule has 21 nitrogen and oxygen atoms in total. The van der Waals surface area contributed by atoms with Gasteiger partial charge in [-0.15, -0.1) is 11.8 Å². The van der Waals surface area contributed by atoms with Crippen LogP contribution in [-0.2, 0) is 25.7 Å². The van der Waals surface area contributed by atoms with Crippen molar-refractivity contribution in [3.05, 3.63) is 74.2 Å². The van der Waals surface area contributed by atoms with E-state index in [0.29, 0.717) is 23.1 Å². The van der Waals surface area contributed by atoms with Gasteiger partial charge < -0.3 is 36.4 Å². The molecule has 0 spiro atoms. The van der Waals surface area contributed by atoms with Gasteiger partial charge in [0.25, 0.3) is 5.56 Å². The lowest BCUT2D eigenvalue weighted by molar-refractivity contribution is -0.145. The van der Waals surface area contributed by atoms with Gasteiger partial charge in [-0.05, 0) is 24.5 Å². The van der Waals surface area contributed by atoms with Crippen LogP contribution in [0.1, 0.15) is 40.9 Å². The zero-order valence-electron chi connectivity index (χ0n) is 33.5. The van der Waals surface area contributed by atoms with E-state index in [0.717, 1.165) is 4.57 Å². The molecule has 0 radical (unpaired) electrons. The monoisotopic (exact) mass is 861 g/mol. The number of carboxylic acids is 4. The second kappa shape index (κ2) is 22.5. The number of hydrogen-bond donors (Lipinski definition) is 7. The Morgan fingerprint density at radius 2 is 1.42 bits per heavy atom. The SMILES string of the molecule is C=NN(/C=C(\N)c1ccc(C(C(=O)O)N2CCN(CC(=O)O)CCN(CC(=O)O)CCN(CC(=O)O)CC2)cc1)CCCn1c(=O)c(C)cn(C2CC(O)[C@@H](CO)S2)c1=O. The Labute approximate surface area is 350 Å². The maximum Gasteiger partial charge on any atom is 0.331 e. The van der Waals surface area contributed by atoms with E-state index in [4.69, 9.17) is 5.73 Å². The van der Waals surface area contributed by atoms with E-state index in [9.17, 15) is 59.4 Å². The van der Waals surface area contributed by atoms with Crippen LogP contribution in [0.5, 0.6) is 0 Å². The second-order valence-corrected chi connectivity index (χ2v) is 16.1. The molecule has 2 fully saturated rings. The summed E-state index contributed by atoms with van der Waals surface area (Å²) in [6, 6.07) is 5.26. The van der Waals surface area contributed by atoms with Gasteiger partial charge >= 0.3 is 29.6 Å². The highest BCUT2D eigenvalue weighted by Crippen LogP contribution is 2.40. The molecule has 1 aromatic heterocycles. The zero-order chi connectivity index (χ0) is 44.1. The molecule has 1 aromatic carbocycles. The van der Waals surface area contributed by atoms with E-state index < -0.39 is 57.9 Å². The van der Waals surface area contributed by atoms with Crippen LogP contribution in [0.2, 0.25) is 0 Å². The van der Waals surface area contributed by atoms with Crippen molar-refractivity contribution < 1.29 is 49.8 Å². The predicted molar refractivity (Wildman–Crippen MR) is 221 cm³/mol.